The van der Waals surface area contributed by atoms with E-state index in [9.17, 15) is 14.7 Å². The molecule has 8 nitrogen and oxygen atoms in total. The highest BCUT2D eigenvalue weighted by molar-refractivity contribution is 5.98. The number of amides is 2. The van der Waals surface area contributed by atoms with E-state index in [2.05, 4.69) is 31.4 Å². The highest BCUT2D eigenvalue weighted by atomic mass is 19.1. The number of halogens is 1. The van der Waals surface area contributed by atoms with Crippen molar-refractivity contribution in [3.63, 3.8) is 0 Å². The van der Waals surface area contributed by atoms with E-state index in [4.69, 9.17) is 14.2 Å². The van der Waals surface area contributed by atoms with Crippen LogP contribution < -0.4 is 20.1 Å². The molecule has 0 heterocycles. The first-order valence-electron chi connectivity index (χ1n) is 15.1. The Labute approximate surface area is 245 Å². The first-order valence-corrected chi connectivity index (χ1v) is 15.1. The Balaban J connectivity index is 1.67. The van der Waals surface area contributed by atoms with Gasteiger partial charge in [-0.05, 0) is 77.2 Å². The average Bonchev–Trinajstić information content (AvgIpc) is 3.36. The van der Waals surface area contributed by atoms with Crippen LogP contribution in [0.2, 0.25) is 0 Å². The maximum absolute atomic E-state index is 15.0. The number of benzene rings is 1. The number of ether oxygens (including phenoxy) is 3. The second-order valence-electron chi connectivity index (χ2n) is 13.9. The van der Waals surface area contributed by atoms with E-state index in [1.54, 1.807) is 0 Å². The van der Waals surface area contributed by atoms with E-state index < -0.39 is 29.0 Å². The second kappa shape index (κ2) is 13.3. The molecule has 0 aromatic heterocycles. The molecule has 41 heavy (non-hydrogen) atoms. The van der Waals surface area contributed by atoms with Crippen molar-refractivity contribution in [2.24, 2.45) is 16.7 Å². The van der Waals surface area contributed by atoms with Gasteiger partial charge in [-0.1, -0.05) is 34.1 Å². The lowest BCUT2D eigenvalue weighted by molar-refractivity contribution is -0.229. The second-order valence-corrected chi connectivity index (χ2v) is 13.9. The fourth-order valence-corrected chi connectivity index (χ4v) is 5.52. The molecular weight excluding hydrogens is 527 g/mol. The minimum absolute atomic E-state index is 0.00184. The Bertz CT molecular complexity index is 1060. The zero-order valence-electron chi connectivity index (χ0n) is 26.2. The molecule has 2 saturated carbocycles. The monoisotopic (exact) mass is 578 g/mol. The zero-order valence-corrected chi connectivity index (χ0v) is 26.2. The fraction of sp³-hybridized carbons (Fsp3) is 0.750. The Morgan fingerprint density at radius 1 is 1.10 bits per heavy atom. The molecular formula is C32H51FN2O6. The summed E-state index contributed by atoms with van der Waals surface area (Å²) in [6.07, 6.45) is 4.54. The topological polar surface area (TPSA) is 106 Å². The molecule has 1 aromatic rings. The molecule has 9 heteroatoms. The van der Waals surface area contributed by atoms with Crippen LogP contribution in [0.1, 0.15) is 110 Å². The minimum Gasteiger partial charge on any atom is -0.496 e. The SMILES string of the molecule is CCC(C)(C)CNC(=O)[C@H]1CCC[C@H]1NC(=O)c1cc(OC2CCC(C)(C(O)OC(C)(C)C)CC2)c(F)cc1OC. The fourth-order valence-electron chi connectivity index (χ4n) is 5.52. The minimum atomic E-state index is -0.906. The van der Waals surface area contributed by atoms with Crippen LogP contribution in [0.15, 0.2) is 12.1 Å². The van der Waals surface area contributed by atoms with Crippen LogP contribution in [0.5, 0.6) is 11.5 Å². The number of aliphatic hydroxyl groups excluding tert-OH is 1. The van der Waals surface area contributed by atoms with Gasteiger partial charge in [-0.2, -0.15) is 0 Å². The summed E-state index contributed by atoms with van der Waals surface area (Å²) in [5.74, 6) is -1.31. The summed E-state index contributed by atoms with van der Waals surface area (Å²) in [6, 6.07) is 2.25. The van der Waals surface area contributed by atoms with Gasteiger partial charge in [0.15, 0.2) is 17.9 Å². The number of nitrogens with one attached hydrogen (secondary N) is 2. The number of aliphatic hydroxyl groups is 1. The summed E-state index contributed by atoms with van der Waals surface area (Å²) in [5.41, 5.74) is -0.723. The number of hydrogen-bond acceptors (Lipinski definition) is 6. The zero-order chi connectivity index (χ0) is 30.6. The molecule has 0 bridgehead atoms. The first-order chi connectivity index (χ1) is 19.1. The summed E-state index contributed by atoms with van der Waals surface area (Å²) in [7, 11) is 1.39. The third kappa shape index (κ3) is 8.80. The van der Waals surface area contributed by atoms with E-state index in [0.29, 0.717) is 45.1 Å². The highest BCUT2D eigenvalue weighted by Crippen LogP contribution is 2.42. The molecule has 2 aliphatic carbocycles. The summed E-state index contributed by atoms with van der Waals surface area (Å²) in [5, 5.41) is 16.7. The van der Waals surface area contributed by atoms with E-state index in [0.717, 1.165) is 12.8 Å². The molecule has 1 aromatic carbocycles. The predicted octanol–water partition coefficient (Wildman–Crippen LogP) is 5.75. The molecule has 2 amide bonds. The van der Waals surface area contributed by atoms with Crippen LogP contribution in [0, 0.1) is 22.6 Å². The molecule has 0 saturated heterocycles. The Kier molecular flexibility index (Phi) is 10.7. The lowest BCUT2D eigenvalue weighted by Gasteiger charge is -2.42. The van der Waals surface area contributed by atoms with Crippen molar-refractivity contribution < 1.29 is 33.3 Å². The van der Waals surface area contributed by atoms with E-state index in [1.807, 2.05) is 27.7 Å². The molecule has 3 atom stereocenters. The van der Waals surface area contributed by atoms with Gasteiger partial charge in [0.1, 0.15) is 5.75 Å². The van der Waals surface area contributed by atoms with Gasteiger partial charge in [0.2, 0.25) is 5.91 Å². The predicted molar refractivity (Wildman–Crippen MR) is 156 cm³/mol. The molecule has 3 N–H and O–H groups in total. The smallest absolute Gasteiger partial charge is 0.255 e. The molecule has 0 spiro atoms. The maximum atomic E-state index is 15.0. The Hall–Kier alpha value is -2.39. The van der Waals surface area contributed by atoms with Gasteiger partial charge in [-0.25, -0.2) is 4.39 Å². The number of rotatable bonds is 11. The number of carbonyl (C=O) groups excluding carboxylic acids is 2. The quantitative estimate of drug-likeness (QED) is 0.289. The standard InChI is InChI=1S/C32H51FN2O6/c1-9-31(5,6)19-34-27(36)21-11-10-12-24(21)35-28(37)22-17-26(23(33)18-25(22)39-8)40-20-13-15-32(7,16-14-20)29(38)41-30(2,3)4/h17-18,20-21,24,29,38H,9-16,19H2,1-8H3,(H,34,36)(H,35,37)/t20?,21-,24+,29?,32?/m0/s1. The number of carbonyl (C=O) groups is 2. The van der Waals surface area contributed by atoms with Crippen molar-refractivity contribution in [2.45, 2.75) is 124 Å². The van der Waals surface area contributed by atoms with Gasteiger partial charge in [0.25, 0.3) is 5.91 Å². The van der Waals surface area contributed by atoms with Crippen LogP contribution in [0.3, 0.4) is 0 Å². The van der Waals surface area contributed by atoms with Gasteiger partial charge in [-0.15, -0.1) is 0 Å². The average molecular weight is 579 g/mol. The number of hydrogen-bond donors (Lipinski definition) is 3. The third-order valence-corrected chi connectivity index (χ3v) is 8.80. The van der Waals surface area contributed by atoms with Crippen LogP contribution in [0.4, 0.5) is 4.39 Å². The highest BCUT2D eigenvalue weighted by Gasteiger charge is 2.41. The van der Waals surface area contributed by atoms with E-state index in [1.165, 1.54) is 19.2 Å². The molecule has 0 radical (unpaired) electrons. The maximum Gasteiger partial charge on any atom is 0.255 e. The van der Waals surface area contributed by atoms with Crippen molar-refractivity contribution in [2.75, 3.05) is 13.7 Å². The van der Waals surface area contributed by atoms with Crippen molar-refractivity contribution in [3.8, 4) is 11.5 Å². The summed E-state index contributed by atoms with van der Waals surface area (Å²) in [6.45, 7) is 14.6. The third-order valence-electron chi connectivity index (χ3n) is 8.80. The largest absolute Gasteiger partial charge is 0.496 e. The lowest BCUT2D eigenvalue weighted by atomic mass is 9.74. The van der Waals surface area contributed by atoms with Crippen molar-refractivity contribution in [1.82, 2.24) is 10.6 Å². The Morgan fingerprint density at radius 3 is 2.34 bits per heavy atom. The van der Waals surface area contributed by atoms with Gasteiger partial charge in [-0.3, -0.25) is 9.59 Å². The molecule has 2 aliphatic rings. The van der Waals surface area contributed by atoms with E-state index in [-0.39, 0.29) is 46.4 Å². The Morgan fingerprint density at radius 2 is 1.76 bits per heavy atom. The first kappa shape index (κ1) is 33.1. The van der Waals surface area contributed by atoms with Gasteiger partial charge in [0, 0.05) is 24.1 Å². The summed E-state index contributed by atoms with van der Waals surface area (Å²) < 4.78 is 32.2. The van der Waals surface area contributed by atoms with Crippen molar-refractivity contribution in [1.29, 1.82) is 0 Å². The molecule has 1 unspecified atom stereocenters. The summed E-state index contributed by atoms with van der Waals surface area (Å²) >= 11 is 0. The molecule has 3 rings (SSSR count). The van der Waals surface area contributed by atoms with E-state index >= 15 is 4.39 Å². The molecule has 0 aliphatic heterocycles. The normalized spacial score (nSPS) is 25.9. The molecule has 2 fully saturated rings. The van der Waals surface area contributed by atoms with Crippen LogP contribution in [0.25, 0.3) is 0 Å². The van der Waals surface area contributed by atoms with Crippen LogP contribution in [-0.2, 0) is 9.53 Å². The van der Waals surface area contributed by atoms with Crippen LogP contribution >= 0.6 is 0 Å². The van der Waals surface area contributed by atoms with Gasteiger partial charge < -0.3 is 30.0 Å². The van der Waals surface area contributed by atoms with Gasteiger partial charge in [0.05, 0.1) is 30.3 Å². The van der Waals surface area contributed by atoms with Gasteiger partial charge >= 0.3 is 0 Å². The number of methoxy groups -OCH3 is 1. The lowest BCUT2D eigenvalue weighted by Crippen LogP contribution is -2.45. The van der Waals surface area contributed by atoms with Crippen molar-refractivity contribution >= 4 is 11.8 Å². The molecule has 232 valence electrons. The summed E-state index contributed by atoms with van der Waals surface area (Å²) in [4.78, 5) is 26.4. The van der Waals surface area contributed by atoms with Crippen LogP contribution in [-0.4, -0.2) is 54.6 Å². The van der Waals surface area contributed by atoms with Crippen molar-refractivity contribution in [3.05, 3.63) is 23.5 Å².